The summed E-state index contributed by atoms with van der Waals surface area (Å²) < 4.78 is 26.1. The average Bonchev–Trinajstić information content (AvgIpc) is 3.19. The van der Waals surface area contributed by atoms with Gasteiger partial charge in [-0.05, 0) is 48.6 Å². The SMILES string of the molecule is O=C(c1cccc(N2CCCS2(=O)=O)c1)N(CCc1ccccc1)CCc1ccccc1. The Balaban J connectivity index is 1.54. The van der Waals surface area contributed by atoms with Crippen molar-refractivity contribution in [1.29, 1.82) is 0 Å². The van der Waals surface area contributed by atoms with Crippen LogP contribution in [0.3, 0.4) is 0 Å². The number of hydrogen-bond donors (Lipinski definition) is 0. The fraction of sp³-hybridized carbons (Fsp3) is 0.269. The van der Waals surface area contributed by atoms with Crippen LogP contribution in [0.4, 0.5) is 5.69 Å². The number of rotatable bonds is 8. The van der Waals surface area contributed by atoms with Crippen LogP contribution in [0.1, 0.15) is 27.9 Å². The molecule has 6 heteroatoms. The van der Waals surface area contributed by atoms with Crippen molar-refractivity contribution in [2.75, 3.05) is 29.7 Å². The molecule has 1 aliphatic rings. The van der Waals surface area contributed by atoms with Crippen molar-refractivity contribution < 1.29 is 13.2 Å². The lowest BCUT2D eigenvalue weighted by atomic mass is 10.1. The number of benzene rings is 3. The van der Waals surface area contributed by atoms with Gasteiger partial charge in [-0.2, -0.15) is 0 Å². The largest absolute Gasteiger partial charge is 0.338 e. The van der Waals surface area contributed by atoms with Gasteiger partial charge in [0, 0.05) is 25.2 Å². The highest BCUT2D eigenvalue weighted by Gasteiger charge is 2.29. The molecule has 0 aliphatic carbocycles. The van der Waals surface area contributed by atoms with E-state index >= 15 is 0 Å². The molecule has 5 nitrogen and oxygen atoms in total. The number of anilines is 1. The van der Waals surface area contributed by atoms with Crippen LogP contribution in [0.5, 0.6) is 0 Å². The second-order valence-corrected chi connectivity index (χ2v) is 10.1. The summed E-state index contributed by atoms with van der Waals surface area (Å²) in [7, 11) is -3.29. The number of sulfonamides is 1. The zero-order chi connectivity index (χ0) is 22.4. The van der Waals surface area contributed by atoms with Gasteiger partial charge in [0.15, 0.2) is 0 Å². The van der Waals surface area contributed by atoms with Crippen molar-refractivity contribution >= 4 is 21.6 Å². The maximum Gasteiger partial charge on any atom is 0.253 e. The lowest BCUT2D eigenvalue weighted by Crippen LogP contribution is -2.35. The van der Waals surface area contributed by atoms with Crippen LogP contribution in [0, 0.1) is 0 Å². The van der Waals surface area contributed by atoms with E-state index in [1.807, 2.05) is 41.3 Å². The van der Waals surface area contributed by atoms with Crippen LogP contribution < -0.4 is 4.31 Å². The lowest BCUT2D eigenvalue weighted by molar-refractivity contribution is 0.0759. The first-order valence-electron chi connectivity index (χ1n) is 11.0. The molecule has 0 bridgehead atoms. The fourth-order valence-corrected chi connectivity index (χ4v) is 5.59. The molecule has 1 fully saturated rings. The Morgan fingerprint density at radius 3 is 1.94 bits per heavy atom. The standard InChI is InChI=1S/C26H28N2O3S/c29-26(24-13-7-14-25(21-24)28-17-8-20-32(28,30)31)27(18-15-22-9-3-1-4-10-22)19-16-23-11-5-2-6-12-23/h1-7,9-14,21H,8,15-20H2. The molecule has 0 aromatic heterocycles. The van der Waals surface area contributed by atoms with Gasteiger partial charge in [-0.15, -0.1) is 0 Å². The molecule has 1 heterocycles. The molecule has 3 aromatic carbocycles. The summed E-state index contributed by atoms with van der Waals surface area (Å²) in [6.45, 7) is 1.66. The first-order valence-corrected chi connectivity index (χ1v) is 12.6. The Morgan fingerprint density at radius 1 is 0.812 bits per heavy atom. The molecule has 1 aliphatic heterocycles. The first-order chi connectivity index (χ1) is 15.5. The highest BCUT2D eigenvalue weighted by molar-refractivity contribution is 7.93. The quantitative estimate of drug-likeness (QED) is 0.520. The van der Waals surface area contributed by atoms with Crippen molar-refractivity contribution in [3.63, 3.8) is 0 Å². The molecule has 0 radical (unpaired) electrons. The topological polar surface area (TPSA) is 57.7 Å². The van der Waals surface area contributed by atoms with Crippen LogP contribution in [-0.4, -0.2) is 44.6 Å². The van der Waals surface area contributed by atoms with Gasteiger partial charge in [-0.3, -0.25) is 9.10 Å². The number of nitrogens with zero attached hydrogens (tertiary/aromatic N) is 2. The molecule has 3 aromatic rings. The Morgan fingerprint density at radius 2 is 1.41 bits per heavy atom. The molecule has 1 amide bonds. The zero-order valence-corrected chi connectivity index (χ0v) is 18.9. The summed E-state index contributed by atoms with van der Waals surface area (Å²) in [6.07, 6.45) is 2.14. The van der Waals surface area contributed by atoms with Crippen LogP contribution in [0.2, 0.25) is 0 Å². The monoisotopic (exact) mass is 448 g/mol. The lowest BCUT2D eigenvalue weighted by Gasteiger charge is -2.24. The fourth-order valence-electron chi connectivity index (χ4n) is 4.04. The Kier molecular flexibility index (Phi) is 6.90. The predicted molar refractivity (Wildman–Crippen MR) is 128 cm³/mol. The van der Waals surface area contributed by atoms with Crippen LogP contribution in [0.15, 0.2) is 84.9 Å². The molecule has 0 spiro atoms. The van der Waals surface area contributed by atoms with Crippen molar-refractivity contribution in [2.45, 2.75) is 19.3 Å². The minimum absolute atomic E-state index is 0.0738. The van der Waals surface area contributed by atoms with Crippen molar-refractivity contribution in [2.24, 2.45) is 0 Å². The molecule has 32 heavy (non-hydrogen) atoms. The van der Waals surface area contributed by atoms with Crippen molar-refractivity contribution in [3.05, 3.63) is 102 Å². The number of amides is 1. The summed E-state index contributed by atoms with van der Waals surface area (Å²) in [4.78, 5) is 15.3. The van der Waals surface area contributed by atoms with Gasteiger partial charge >= 0.3 is 0 Å². The average molecular weight is 449 g/mol. The molecule has 0 unspecified atom stereocenters. The number of carbonyl (C=O) groups is 1. The third-order valence-electron chi connectivity index (χ3n) is 5.79. The van der Waals surface area contributed by atoms with E-state index in [4.69, 9.17) is 0 Å². The van der Waals surface area contributed by atoms with Crippen LogP contribution >= 0.6 is 0 Å². The van der Waals surface area contributed by atoms with Crippen LogP contribution in [-0.2, 0) is 22.9 Å². The Hall–Kier alpha value is -3.12. The van der Waals surface area contributed by atoms with Gasteiger partial charge in [0.05, 0.1) is 11.4 Å². The first kappa shape index (κ1) is 22.1. The normalized spacial score (nSPS) is 14.9. The second-order valence-electron chi connectivity index (χ2n) is 8.06. The van der Waals surface area contributed by atoms with Gasteiger partial charge < -0.3 is 4.90 Å². The van der Waals surface area contributed by atoms with E-state index in [-0.39, 0.29) is 11.7 Å². The Bertz CT molecular complexity index is 1100. The molecule has 0 N–H and O–H groups in total. The summed E-state index contributed by atoms with van der Waals surface area (Å²) in [5.41, 5.74) is 3.45. The Labute approximate surface area is 190 Å². The molecule has 166 valence electrons. The van der Waals surface area contributed by atoms with Gasteiger partial charge in [-0.1, -0.05) is 66.7 Å². The van der Waals surface area contributed by atoms with E-state index in [2.05, 4.69) is 24.3 Å². The highest BCUT2D eigenvalue weighted by Crippen LogP contribution is 2.25. The number of carbonyl (C=O) groups excluding carboxylic acids is 1. The van der Waals surface area contributed by atoms with E-state index in [0.29, 0.717) is 37.3 Å². The van der Waals surface area contributed by atoms with Gasteiger partial charge in [-0.25, -0.2) is 8.42 Å². The minimum atomic E-state index is -3.29. The second kappa shape index (κ2) is 10.0. The summed E-state index contributed by atoms with van der Waals surface area (Å²) in [6, 6.07) is 27.3. The minimum Gasteiger partial charge on any atom is -0.338 e. The zero-order valence-electron chi connectivity index (χ0n) is 18.1. The molecule has 1 saturated heterocycles. The van der Waals surface area contributed by atoms with E-state index < -0.39 is 10.0 Å². The van der Waals surface area contributed by atoms with E-state index in [1.54, 1.807) is 24.3 Å². The maximum atomic E-state index is 13.5. The van der Waals surface area contributed by atoms with Crippen LogP contribution in [0.25, 0.3) is 0 Å². The smallest absolute Gasteiger partial charge is 0.253 e. The highest BCUT2D eigenvalue weighted by atomic mass is 32.2. The predicted octanol–water partition coefficient (Wildman–Crippen LogP) is 4.15. The molecule has 0 saturated carbocycles. The summed E-state index contributed by atoms with van der Waals surface area (Å²) >= 11 is 0. The number of hydrogen-bond acceptors (Lipinski definition) is 3. The molecule has 0 atom stereocenters. The third-order valence-corrected chi connectivity index (χ3v) is 7.66. The van der Waals surface area contributed by atoms with E-state index in [9.17, 15) is 13.2 Å². The summed E-state index contributed by atoms with van der Waals surface area (Å²) in [5.74, 6) is 0.0844. The third kappa shape index (κ3) is 5.37. The maximum absolute atomic E-state index is 13.5. The van der Waals surface area contributed by atoms with Gasteiger partial charge in [0.2, 0.25) is 10.0 Å². The van der Waals surface area contributed by atoms with Gasteiger partial charge in [0.1, 0.15) is 0 Å². The summed E-state index contributed by atoms with van der Waals surface area (Å²) in [5, 5.41) is 0. The molecular formula is C26H28N2O3S. The molecule has 4 rings (SSSR count). The van der Waals surface area contributed by atoms with Crippen molar-refractivity contribution in [1.82, 2.24) is 4.90 Å². The van der Waals surface area contributed by atoms with Gasteiger partial charge in [0.25, 0.3) is 5.91 Å². The van der Waals surface area contributed by atoms with E-state index in [0.717, 1.165) is 12.8 Å². The van der Waals surface area contributed by atoms with Crippen molar-refractivity contribution in [3.8, 4) is 0 Å². The van der Waals surface area contributed by atoms with E-state index in [1.165, 1.54) is 15.4 Å². The molecular weight excluding hydrogens is 420 g/mol.